The Bertz CT molecular complexity index is 992. The van der Waals surface area contributed by atoms with E-state index in [0.29, 0.717) is 12.3 Å². The molecule has 6 nitrogen and oxygen atoms in total. The maximum Gasteiger partial charge on any atom is 0.358 e. The molecule has 0 fully saturated rings. The molecule has 1 atom stereocenters. The molecule has 1 aromatic carbocycles. The van der Waals surface area contributed by atoms with Gasteiger partial charge in [-0.25, -0.2) is 9.78 Å². The second-order valence-corrected chi connectivity index (χ2v) is 5.95. The number of benzene rings is 1. The number of carbonyl (C=O) groups is 1. The normalized spacial score (nSPS) is 15.5. The lowest BCUT2D eigenvalue weighted by molar-refractivity contribution is 0.0518. The van der Waals surface area contributed by atoms with E-state index in [1.165, 1.54) is 0 Å². The van der Waals surface area contributed by atoms with Crippen LogP contribution in [-0.2, 0) is 4.74 Å². The molecule has 3 heterocycles. The fourth-order valence-corrected chi connectivity index (χ4v) is 3.22. The molecule has 1 aliphatic rings. The Kier molecular flexibility index (Phi) is 4.08. The first kappa shape index (κ1) is 16.2. The van der Waals surface area contributed by atoms with Crippen LogP contribution in [0.1, 0.15) is 47.3 Å². The quantitative estimate of drug-likeness (QED) is 0.682. The number of fused-ring (bicyclic) bond motifs is 3. The predicted octanol–water partition coefficient (Wildman–Crippen LogP) is 3.36. The molecule has 0 N–H and O–H groups in total. The summed E-state index contributed by atoms with van der Waals surface area (Å²) < 4.78 is 7.09. The Balaban J connectivity index is 1.95. The SMILES string of the molecule is CCOC(=O)c1ncn2c1[C@@H](C)N=C(c1ccccn1)c1ccccc1-2. The molecule has 0 aliphatic carbocycles. The Labute approximate surface area is 151 Å². The van der Waals surface area contributed by atoms with Crippen LogP contribution in [0.15, 0.2) is 60.0 Å². The molecule has 0 saturated carbocycles. The van der Waals surface area contributed by atoms with Crippen LogP contribution >= 0.6 is 0 Å². The average molecular weight is 346 g/mol. The molecular weight excluding hydrogens is 328 g/mol. The van der Waals surface area contributed by atoms with Crippen molar-refractivity contribution in [2.45, 2.75) is 19.9 Å². The molecule has 26 heavy (non-hydrogen) atoms. The largest absolute Gasteiger partial charge is 0.461 e. The number of pyridine rings is 1. The molecule has 0 amide bonds. The van der Waals surface area contributed by atoms with Crippen molar-refractivity contribution < 1.29 is 9.53 Å². The molecule has 4 rings (SSSR count). The molecular formula is C20H18N4O2. The van der Waals surface area contributed by atoms with Gasteiger partial charge in [-0.3, -0.25) is 14.5 Å². The van der Waals surface area contributed by atoms with Crippen LogP contribution in [0.3, 0.4) is 0 Å². The number of nitrogens with zero attached hydrogens (tertiary/aromatic N) is 4. The summed E-state index contributed by atoms with van der Waals surface area (Å²) in [5.41, 5.74) is 4.49. The van der Waals surface area contributed by atoms with Crippen molar-refractivity contribution in [2.75, 3.05) is 6.61 Å². The highest BCUT2D eigenvalue weighted by molar-refractivity contribution is 6.14. The van der Waals surface area contributed by atoms with Crippen molar-refractivity contribution in [3.63, 3.8) is 0 Å². The molecule has 2 aromatic heterocycles. The first-order valence-electron chi connectivity index (χ1n) is 8.54. The fraction of sp³-hybridized carbons (Fsp3) is 0.200. The van der Waals surface area contributed by atoms with E-state index in [-0.39, 0.29) is 6.04 Å². The summed E-state index contributed by atoms with van der Waals surface area (Å²) in [6.07, 6.45) is 3.41. The maximum absolute atomic E-state index is 12.3. The van der Waals surface area contributed by atoms with Crippen molar-refractivity contribution in [2.24, 2.45) is 4.99 Å². The number of carbonyl (C=O) groups excluding carboxylic acids is 1. The van der Waals surface area contributed by atoms with Crippen molar-refractivity contribution in [1.29, 1.82) is 0 Å². The maximum atomic E-state index is 12.3. The number of hydrogen-bond donors (Lipinski definition) is 0. The highest BCUT2D eigenvalue weighted by Gasteiger charge is 2.29. The van der Waals surface area contributed by atoms with Gasteiger partial charge in [0.2, 0.25) is 0 Å². The number of rotatable bonds is 3. The van der Waals surface area contributed by atoms with Crippen molar-refractivity contribution in [3.8, 4) is 5.69 Å². The van der Waals surface area contributed by atoms with Crippen LogP contribution in [0.4, 0.5) is 0 Å². The lowest BCUT2D eigenvalue weighted by atomic mass is 10.0. The van der Waals surface area contributed by atoms with Gasteiger partial charge in [0.1, 0.15) is 6.33 Å². The molecule has 0 bridgehead atoms. The van der Waals surface area contributed by atoms with Crippen molar-refractivity contribution in [3.05, 3.63) is 77.6 Å². The zero-order valence-corrected chi connectivity index (χ0v) is 14.6. The summed E-state index contributed by atoms with van der Waals surface area (Å²) in [5.74, 6) is -0.429. The first-order chi connectivity index (χ1) is 12.7. The minimum atomic E-state index is -0.429. The van der Waals surface area contributed by atoms with Gasteiger partial charge in [0.25, 0.3) is 0 Å². The molecule has 0 spiro atoms. The fourth-order valence-electron chi connectivity index (χ4n) is 3.22. The molecule has 130 valence electrons. The van der Waals surface area contributed by atoms with Gasteiger partial charge >= 0.3 is 5.97 Å². The molecule has 0 unspecified atom stereocenters. The number of aromatic nitrogens is 3. The molecule has 6 heteroatoms. The van der Waals surface area contributed by atoms with Gasteiger partial charge < -0.3 is 4.74 Å². The summed E-state index contributed by atoms with van der Waals surface area (Å²) in [5, 5.41) is 0. The van der Waals surface area contributed by atoms with E-state index in [2.05, 4.69) is 9.97 Å². The van der Waals surface area contributed by atoms with Gasteiger partial charge in [0.15, 0.2) is 5.69 Å². The van der Waals surface area contributed by atoms with E-state index in [9.17, 15) is 4.79 Å². The molecule has 1 aliphatic heterocycles. The van der Waals surface area contributed by atoms with Crippen LogP contribution in [-0.4, -0.2) is 32.8 Å². The lowest BCUT2D eigenvalue weighted by Gasteiger charge is -2.11. The second kappa shape index (κ2) is 6.55. The van der Waals surface area contributed by atoms with Crippen LogP contribution < -0.4 is 0 Å². The predicted molar refractivity (Wildman–Crippen MR) is 97.8 cm³/mol. The zero-order valence-electron chi connectivity index (χ0n) is 14.6. The Morgan fingerprint density at radius 3 is 2.73 bits per heavy atom. The van der Waals surface area contributed by atoms with Gasteiger partial charge in [-0.15, -0.1) is 0 Å². The highest BCUT2D eigenvalue weighted by atomic mass is 16.5. The topological polar surface area (TPSA) is 69.4 Å². The third-order valence-corrected chi connectivity index (χ3v) is 4.32. The smallest absolute Gasteiger partial charge is 0.358 e. The monoisotopic (exact) mass is 346 g/mol. The highest BCUT2D eigenvalue weighted by Crippen LogP contribution is 2.32. The summed E-state index contributed by atoms with van der Waals surface area (Å²) in [4.78, 5) is 26.0. The van der Waals surface area contributed by atoms with Gasteiger partial charge in [-0.05, 0) is 32.0 Å². The van der Waals surface area contributed by atoms with E-state index in [1.807, 2.05) is 54.0 Å². The van der Waals surface area contributed by atoms with Gasteiger partial charge in [-0.1, -0.05) is 24.3 Å². The molecule has 3 aromatic rings. The van der Waals surface area contributed by atoms with Crippen LogP contribution in [0.2, 0.25) is 0 Å². The third-order valence-electron chi connectivity index (χ3n) is 4.32. The van der Waals surface area contributed by atoms with Gasteiger partial charge in [0.05, 0.1) is 35.4 Å². The van der Waals surface area contributed by atoms with Crippen LogP contribution in [0.5, 0.6) is 0 Å². The first-order valence-corrected chi connectivity index (χ1v) is 8.54. The standard InChI is InChI=1S/C20H18N4O2/c1-3-26-20(25)18-19-13(2)23-17(15-9-6-7-11-21-15)14-8-4-5-10-16(14)24(19)12-22-18/h4-13H,3H2,1-2H3/t13-/m1/s1. The minimum absolute atomic E-state index is 0.277. The number of hydrogen-bond acceptors (Lipinski definition) is 5. The Hall–Kier alpha value is -3.28. The lowest BCUT2D eigenvalue weighted by Crippen LogP contribution is -2.11. The summed E-state index contributed by atoms with van der Waals surface area (Å²) in [7, 11) is 0. The average Bonchev–Trinajstić information content (AvgIpc) is 3.07. The second-order valence-electron chi connectivity index (χ2n) is 5.95. The Morgan fingerprint density at radius 1 is 1.15 bits per heavy atom. The summed E-state index contributed by atoms with van der Waals surface area (Å²) >= 11 is 0. The van der Waals surface area contributed by atoms with E-state index in [0.717, 1.165) is 28.4 Å². The third kappa shape index (κ3) is 2.60. The van der Waals surface area contributed by atoms with Crippen LogP contribution in [0, 0.1) is 0 Å². The van der Waals surface area contributed by atoms with E-state index < -0.39 is 5.97 Å². The van der Waals surface area contributed by atoms with E-state index in [1.54, 1.807) is 19.4 Å². The Morgan fingerprint density at radius 2 is 1.96 bits per heavy atom. The number of ether oxygens (including phenoxy) is 1. The van der Waals surface area contributed by atoms with Crippen molar-refractivity contribution in [1.82, 2.24) is 14.5 Å². The summed E-state index contributed by atoms with van der Waals surface area (Å²) in [6, 6.07) is 13.4. The van der Waals surface area contributed by atoms with Gasteiger partial charge in [0, 0.05) is 11.8 Å². The summed E-state index contributed by atoms with van der Waals surface area (Å²) in [6.45, 7) is 4.03. The molecule has 0 saturated heterocycles. The van der Waals surface area contributed by atoms with E-state index >= 15 is 0 Å². The minimum Gasteiger partial charge on any atom is -0.461 e. The number of para-hydroxylation sites is 1. The van der Waals surface area contributed by atoms with Gasteiger partial charge in [-0.2, -0.15) is 0 Å². The number of aliphatic imine (C=N–C) groups is 1. The zero-order chi connectivity index (χ0) is 18.1. The van der Waals surface area contributed by atoms with Crippen LogP contribution in [0.25, 0.3) is 5.69 Å². The number of esters is 1. The van der Waals surface area contributed by atoms with Crippen molar-refractivity contribution >= 4 is 11.7 Å². The van der Waals surface area contributed by atoms with E-state index in [4.69, 9.17) is 9.73 Å². The molecule has 0 radical (unpaired) electrons. The number of imidazole rings is 1.